The van der Waals surface area contributed by atoms with Gasteiger partial charge in [0.1, 0.15) is 12.1 Å². The first-order chi connectivity index (χ1) is 14.2. The molecule has 30 heavy (non-hydrogen) atoms. The number of nitrogens with zero attached hydrogens (tertiary/aromatic N) is 5. The highest BCUT2D eigenvalue weighted by atomic mass is 16.3. The summed E-state index contributed by atoms with van der Waals surface area (Å²) in [5, 5.41) is 21.4. The number of β-amino-alcohol motifs (C(OH)–C–C–N with tert-alkyl or cyclic N) is 1. The molecule has 0 radical (unpaired) electrons. The molecule has 168 valence electrons. The molecule has 2 aliphatic heterocycles. The van der Waals surface area contributed by atoms with E-state index in [4.69, 9.17) is 0 Å². The summed E-state index contributed by atoms with van der Waals surface area (Å²) in [7, 11) is 1.55. The highest BCUT2D eigenvalue weighted by Crippen LogP contribution is 2.34. The number of hydrogen-bond donors (Lipinski definition) is 2. The number of carbonyl (C=O) groups is 2. The average molecular weight is 421 g/mol. The lowest BCUT2D eigenvalue weighted by Crippen LogP contribution is -2.49. The Hall–Kier alpha value is -2.00. The zero-order valence-electron chi connectivity index (χ0n) is 18.7. The van der Waals surface area contributed by atoms with Gasteiger partial charge in [-0.15, -0.1) is 5.10 Å². The summed E-state index contributed by atoms with van der Waals surface area (Å²) in [6.45, 7) is 8.95. The minimum atomic E-state index is -0.703. The van der Waals surface area contributed by atoms with E-state index in [0.717, 1.165) is 25.3 Å². The molecular formula is C21H36N6O3. The molecule has 2 fully saturated rings. The first-order valence-electron chi connectivity index (χ1n) is 11.0. The van der Waals surface area contributed by atoms with Crippen LogP contribution in [-0.4, -0.2) is 80.5 Å². The van der Waals surface area contributed by atoms with Crippen molar-refractivity contribution in [3.8, 4) is 0 Å². The van der Waals surface area contributed by atoms with E-state index in [-0.39, 0.29) is 24.8 Å². The molecule has 0 aromatic carbocycles. The predicted molar refractivity (Wildman–Crippen MR) is 112 cm³/mol. The Kier molecular flexibility index (Phi) is 7.13. The molecule has 3 heterocycles. The van der Waals surface area contributed by atoms with Crippen LogP contribution >= 0.6 is 0 Å². The minimum absolute atomic E-state index is 0.152. The highest BCUT2D eigenvalue weighted by molar-refractivity contribution is 5.90. The molecule has 0 saturated carbocycles. The normalized spacial score (nSPS) is 24.5. The molecule has 3 atom stereocenters. The van der Waals surface area contributed by atoms with E-state index in [1.54, 1.807) is 11.7 Å². The number of aliphatic hydroxyl groups is 1. The standard InChI is InChI=1S/C21H36N6O3/c1-21(2,3)18(20(30)26-14-16(28)11-17(26)19(29)22-4)27-13-15(23-24-27)12-25-9-7-5-6-8-10-25/h13,16-18,28H,5-12,14H2,1-4H3,(H,22,29)/t16?,17-,18?/m1/s1. The van der Waals surface area contributed by atoms with Crippen molar-refractivity contribution in [3.05, 3.63) is 11.9 Å². The van der Waals surface area contributed by atoms with Gasteiger partial charge in [-0.05, 0) is 31.3 Å². The second-order valence-corrected chi connectivity index (χ2v) is 9.66. The van der Waals surface area contributed by atoms with Gasteiger partial charge in [-0.3, -0.25) is 14.5 Å². The molecule has 9 nitrogen and oxygen atoms in total. The van der Waals surface area contributed by atoms with Crippen molar-refractivity contribution in [2.75, 3.05) is 26.7 Å². The van der Waals surface area contributed by atoms with Gasteiger partial charge >= 0.3 is 0 Å². The lowest BCUT2D eigenvalue weighted by Gasteiger charge is -2.34. The van der Waals surface area contributed by atoms with Crippen LogP contribution in [0.5, 0.6) is 0 Å². The van der Waals surface area contributed by atoms with Crippen LogP contribution in [-0.2, 0) is 16.1 Å². The van der Waals surface area contributed by atoms with Crippen molar-refractivity contribution in [1.29, 1.82) is 0 Å². The third kappa shape index (κ3) is 5.18. The topological polar surface area (TPSA) is 104 Å². The molecule has 0 aliphatic carbocycles. The fourth-order valence-electron chi connectivity index (χ4n) is 4.55. The summed E-state index contributed by atoms with van der Waals surface area (Å²) < 4.78 is 1.64. The molecule has 9 heteroatoms. The molecule has 2 amide bonds. The van der Waals surface area contributed by atoms with Crippen molar-refractivity contribution in [1.82, 2.24) is 30.1 Å². The first kappa shape index (κ1) is 22.7. The Balaban J connectivity index is 1.80. The number of rotatable bonds is 5. The number of likely N-dealkylation sites (tertiary alicyclic amines) is 2. The second kappa shape index (κ2) is 9.43. The zero-order valence-corrected chi connectivity index (χ0v) is 18.7. The van der Waals surface area contributed by atoms with Crippen LogP contribution in [0.3, 0.4) is 0 Å². The average Bonchev–Trinajstić information content (AvgIpc) is 3.19. The molecule has 0 spiro atoms. The molecule has 2 aliphatic rings. The Bertz CT molecular complexity index is 735. The van der Waals surface area contributed by atoms with E-state index in [1.165, 1.54) is 30.6 Å². The third-order valence-corrected chi connectivity index (χ3v) is 6.07. The maximum absolute atomic E-state index is 13.5. The lowest BCUT2D eigenvalue weighted by molar-refractivity contribution is -0.144. The molecule has 2 N–H and O–H groups in total. The third-order valence-electron chi connectivity index (χ3n) is 6.07. The van der Waals surface area contributed by atoms with E-state index in [0.29, 0.717) is 0 Å². The van der Waals surface area contributed by atoms with Crippen LogP contribution in [0.25, 0.3) is 0 Å². The molecule has 2 unspecified atom stereocenters. The predicted octanol–water partition coefficient (Wildman–Crippen LogP) is 0.949. The van der Waals surface area contributed by atoms with E-state index >= 15 is 0 Å². The van der Waals surface area contributed by atoms with Gasteiger partial charge < -0.3 is 15.3 Å². The fraction of sp³-hybridized carbons (Fsp3) is 0.810. The molecule has 1 aromatic rings. The fourth-order valence-corrected chi connectivity index (χ4v) is 4.55. The van der Waals surface area contributed by atoms with Crippen LogP contribution in [0.2, 0.25) is 0 Å². The SMILES string of the molecule is CNC(=O)[C@H]1CC(O)CN1C(=O)C(n1cc(CN2CCCCCC2)nn1)C(C)(C)C. The molecule has 2 saturated heterocycles. The number of carbonyl (C=O) groups excluding carboxylic acids is 2. The number of hydrogen-bond acceptors (Lipinski definition) is 6. The van der Waals surface area contributed by atoms with E-state index in [1.807, 2.05) is 27.0 Å². The number of nitrogens with one attached hydrogen (secondary N) is 1. The lowest BCUT2D eigenvalue weighted by atomic mass is 9.85. The van der Waals surface area contributed by atoms with Gasteiger partial charge in [-0.2, -0.15) is 0 Å². The Labute approximate surface area is 178 Å². The summed E-state index contributed by atoms with van der Waals surface area (Å²) in [6.07, 6.45) is 6.37. The smallest absolute Gasteiger partial charge is 0.248 e. The number of amides is 2. The Morgan fingerprint density at radius 1 is 1.23 bits per heavy atom. The molecule has 0 bridgehead atoms. The maximum Gasteiger partial charge on any atom is 0.248 e. The van der Waals surface area contributed by atoms with Crippen LogP contribution in [0.4, 0.5) is 0 Å². The minimum Gasteiger partial charge on any atom is -0.391 e. The summed E-state index contributed by atoms with van der Waals surface area (Å²) >= 11 is 0. The van der Waals surface area contributed by atoms with Gasteiger partial charge in [0.15, 0.2) is 0 Å². The van der Waals surface area contributed by atoms with E-state index in [9.17, 15) is 14.7 Å². The van der Waals surface area contributed by atoms with Crippen molar-refractivity contribution < 1.29 is 14.7 Å². The van der Waals surface area contributed by atoms with Crippen LogP contribution in [0, 0.1) is 5.41 Å². The highest BCUT2D eigenvalue weighted by Gasteiger charge is 2.45. The number of aromatic nitrogens is 3. The Morgan fingerprint density at radius 2 is 1.90 bits per heavy atom. The van der Waals surface area contributed by atoms with Gasteiger partial charge in [0.05, 0.1) is 18.0 Å². The van der Waals surface area contributed by atoms with E-state index < -0.39 is 23.6 Å². The van der Waals surface area contributed by atoms with Crippen LogP contribution in [0.1, 0.15) is 64.6 Å². The number of aliphatic hydroxyl groups excluding tert-OH is 1. The quantitative estimate of drug-likeness (QED) is 0.735. The van der Waals surface area contributed by atoms with Gasteiger partial charge in [0.25, 0.3) is 0 Å². The first-order valence-corrected chi connectivity index (χ1v) is 11.0. The summed E-state index contributed by atoms with van der Waals surface area (Å²) in [5.41, 5.74) is 0.411. The summed E-state index contributed by atoms with van der Waals surface area (Å²) in [6, 6.07) is -1.28. The van der Waals surface area contributed by atoms with Crippen molar-refractivity contribution in [2.24, 2.45) is 5.41 Å². The van der Waals surface area contributed by atoms with E-state index in [2.05, 4.69) is 20.5 Å². The summed E-state index contributed by atoms with van der Waals surface area (Å²) in [4.78, 5) is 29.7. The molecule has 1 aromatic heterocycles. The summed E-state index contributed by atoms with van der Waals surface area (Å²) in [5.74, 6) is -0.466. The maximum atomic E-state index is 13.5. The molecular weight excluding hydrogens is 384 g/mol. The van der Waals surface area contributed by atoms with Crippen molar-refractivity contribution >= 4 is 11.8 Å². The second-order valence-electron chi connectivity index (χ2n) is 9.66. The van der Waals surface area contributed by atoms with Crippen LogP contribution < -0.4 is 5.32 Å². The zero-order chi connectivity index (χ0) is 21.9. The van der Waals surface area contributed by atoms with Gasteiger partial charge in [0, 0.05) is 26.6 Å². The van der Waals surface area contributed by atoms with Crippen LogP contribution in [0.15, 0.2) is 6.20 Å². The largest absolute Gasteiger partial charge is 0.391 e. The Morgan fingerprint density at radius 3 is 2.50 bits per heavy atom. The monoisotopic (exact) mass is 420 g/mol. The van der Waals surface area contributed by atoms with Crippen molar-refractivity contribution in [3.63, 3.8) is 0 Å². The molecule has 3 rings (SSSR count). The number of likely N-dealkylation sites (N-methyl/N-ethyl adjacent to an activating group) is 1. The van der Waals surface area contributed by atoms with Crippen molar-refractivity contribution in [2.45, 2.75) is 77.6 Å². The van der Waals surface area contributed by atoms with Gasteiger partial charge in [-0.1, -0.05) is 38.8 Å². The van der Waals surface area contributed by atoms with Gasteiger partial charge in [0.2, 0.25) is 11.8 Å². The van der Waals surface area contributed by atoms with Gasteiger partial charge in [-0.25, -0.2) is 4.68 Å².